The van der Waals surface area contributed by atoms with Crippen molar-refractivity contribution >= 4 is 5.91 Å². The standard InChI is InChI=1S/C19H26N4O2/c1-3-23-12-4-5-16(23)13-20-17(24)10-11-18-21-22-19(25-18)15-8-6-14(2)7-9-15/h6-9,16H,3-5,10-13H2,1-2H3,(H,20,24). The molecule has 1 N–H and O–H groups in total. The Morgan fingerprint density at radius 3 is 2.88 bits per heavy atom. The molecule has 0 aliphatic carbocycles. The van der Waals surface area contributed by atoms with Crippen molar-refractivity contribution in [3.63, 3.8) is 0 Å². The lowest BCUT2D eigenvalue weighted by molar-refractivity contribution is -0.121. The number of aryl methyl sites for hydroxylation is 2. The van der Waals surface area contributed by atoms with Crippen LogP contribution in [0.5, 0.6) is 0 Å². The number of aromatic nitrogens is 2. The predicted molar refractivity (Wildman–Crippen MR) is 96.1 cm³/mol. The molecule has 6 nitrogen and oxygen atoms in total. The topological polar surface area (TPSA) is 71.3 Å². The van der Waals surface area contributed by atoms with Gasteiger partial charge in [-0.3, -0.25) is 9.69 Å². The highest BCUT2D eigenvalue weighted by molar-refractivity contribution is 5.76. The SMILES string of the molecule is CCN1CCCC1CNC(=O)CCc1nnc(-c2ccc(C)cc2)o1. The lowest BCUT2D eigenvalue weighted by Gasteiger charge is -2.22. The van der Waals surface area contributed by atoms with Gasteiger partial charge in [-0.2, -0.15) is 0 Å². The summed E-state index contributed by atoms with van der Waals surface area (Å²) in [6.07, 6.45) is 3.22. The van der Waals surface area contributed by atoms with Crippen molar-refractivity contribution in [2.45, 2.75) is 45.6 Å². The monoisotopic (exact) mass is 342 g/mol. The number of amides is 1. The van der Waals surface area contributed by atoms with Crippen LogP contribution in [0.25, 0.3) is 11.5 Å². The summed E-state index contributed by atoms with van der Waals surface area (Å²) in [6, 6.07) is 8.41. The van der Waals surface area contributed by atoms with Crippen LogP contribution >= 0.6 is 0 Å². The summed E-state index contributed by atoms with van der Waals surface area (Å²) < 4.78 is 5.66. The number of nitrogens with one attached hydrogen (secondary N) is 1. The van der Waals surface area contributed by atoms with Crippen LogP contribution in [0.4, 0.5) is 0 Å². The van der Waals surface area contributed by atoms with Gasteiger partial charge in [0.25, 0.3) is 0 Å². The molecule has 6 heteroatoms. The summed E-state index contributed by atoms with van der Waals surface area (Å²) in [5.41, 5.74) is 2.08. The van der Waals surface area contributed by atoms with Gasteiger partial charge in [0.15, 0.2) is 0 Å². The molecule has 0 bridgehead atoms. The van der Waals surface area contributed by atoms with Gasteiger partial charge in [-0.1, -0.05) is 24.6 Å². The van der Waals surface area contributed by atoms with E-state index < -0.39 is 0 Å². The van der Waals surface area contributed by atoms with E-state index in [0.29, 0.717) is 30.7 Å². The summed E-state index contributed by atoms with van der Waals surface area (Å²) in [5.74, 6) is 1.04. The summed E-state index contributed by atoms with van der Waals surface area (Å²) in [6.45, 7) is 7.12. The Morgan fingerprint density at radius 2 is 2.12 bits per heavy atom. The normalized spacial score (nSPS) is 17.8. The average Bonchev–Trinajstić information content (AvgIpc) is 3.27. The van der Waals surface area contributed by atoms with E-state index >= 15 is 0 Å². The third kappa shape index (κ3) is 4.66. The van der Waals surface area contributed by atoms with Crippen molar-refractivity contribution in [3.05, 3.63) is 35.7 Å². The Kier molecular flexibility index (Phi) is 5.81. The van der Waals surface area contributed by atoms with Gasteiger partial charge in [0.05, 0.1) is 0 Å². The Bertz CT molecular complexity index is 696. The van der Waals surface area contributed by atoms with E-state index in [-0.39, 0.29) is 5.91 Å². The molecule has 0 spiro atoms. The van der Waals surface area contributed by atoms with Crippen LogP contribution in [-0.2, 0) is 11.2 Å². The second-order valence-electron chi connectivity index (χ2n) is 6.60. The minimum atomic E-state index is 0.0399. The quantitative estimate of drug-likeness (QED) is 0.837. The van der Waals surface area contributed by atoms with E-state index in [9.17, 15) is 4.79 Å². The minimum Gasteiger partial charge on any atom is -0.421 e. The van der Waals surface area contributed by atoms with Crippen LogP contribution in [-0.4, -0.2) is 46.7 Å². The van der Waals surface area contributed by atoms with Gasteiger partial charge in [-0.15, -0.1) is 10.2 Å². The molecular formula is C19H26N4O2. The van der Waals surface area contributed by atoms with Gasteiger partial charge >= 0.3 is 0 Å². The highest BCUT2D eigenvalue weighted by Crippen LogP contribution is 2.19. The molecule has 1 amide bonds. The molecule has 1 unspecified atom stereocenters. The zero-order valence-electron chi connectivity index (χ0n) is 15.0. The average molecular weight is 342 g/mol. The lowest BCUT2D eigenvalue weighted by Crippen LogP contribution is -2.40. The first-order chi connectivity index (χ1) is 12.2. The first-order valence-corrected chi connectivity index (χ1v) is 9.06. The number of carbonyl (C=O) groups excluding carboxylic acids is 1. The predicted octanol–water partition coefficient (Wildman–Crippen LogP) is 2.58. The Hall–Kier alpha value is -2.21. The molecule has 1 aromatic heterocycles. The number of hydrogen-bond acceptors (Lipinski definition) is 5. The van der Waals surface area contributed by atoms with E-state index in [1.807, 2.05) is 31.2 Å². The maximum atomic E-state index is 12.1. The fourth-order valence-electron chi connectivity index (χ4n) is 3.25. The third-order valence-corrected chi connectivity index (χ3v) is 4.77. The smallest absolute Gasteiger partial charge is 0.247 e. The maximum Gasteiger partial charge on any atom is 0.247 e. The molecule has 3 rings (SSSR count). The first-order valence-electron chi connectivity index (χ1n) is 9.06. The maximum absolute atomic E-state index is 12.1. The highest BCUT2D eigenvalue weighted by atomic mass is 16.4. The molecule has 1 fully saturated rings. The second kappa shape index (κ2) is 8.25. The molecule has 1 saturated heterocycles. The summed E-state index contributed by atoms with van der Waals surface area (Å²) in [5, 5.41) is 11.1. The van der Waals surface area contributed by atoms with Gasteiger partial charge in [0, 0.05) is 31.0 Å². The second-order valence-corrected chi connectivity index (χ2v) is 6.60. The zero-order valence-corrected chi connectivity index (χ0v) is 15.0. The fourth-order valence-corrected chi connectivity index (χ4v) is 3.25. The van der Waals surface area contributed by atoms with Crippen LogP contribution in [0.2, 0.25) is 0 Å². The number of nitrogens with zero attached hydrogens (tertiary/aromatic N) is 3. The van der Waals surface area contributed by atoms with Gasteiger partial charge in [-0.25, -0.2) is 0 Å². The molecule has 1 aromatic carbocycles. The van der Waals surface area contributed by atoms with E-state index in [1.54, 1.807) is 0 Å². The van der Waals surface area contributed by atoms with Crippen molar-refractivity contribution in [1.29, 1.82) is 0 Å². The largest absolute Gasteiger partial charge is 0.421 e. The first kappa shape index (κ1) is 17.6. The molecule has 0 radical (unpaired) electrons. The van der Waals surface area contributed by atoms with Gasteiger partial charge in [0.1, 0.15) is 0 Å². The number of likely N-dealkylation sites (N-methyl/N-ethyl adjacent to an activating group) is 1. The molecule has 2 heterocycles. The van der Waals surface area contributed by atoms with Crippen LogP contribution in [0.1, 0.15) is 37.6 Å². The van der Waals surface area contributed by atoms with E-state index in [4.69, 9.17) is 4.42 Å². The van der Waals surface area contributed by atoms with Gasteiger partial charge in [-0.05, 0) is 45.0 Å². The van der Waals surface area contributed by atoms with Crippen molar-refractivity contribution in [2.24, 2.45) is 0 Å². The van der Waals surface area contributed by atoms with Crippen molar-refractivity contribution in [2.75, 3.05) is 19.6 Å². The molecule has 1 aliphatic rings. The Morgan fingerprint density at radius 1 is 1.32 bits per heavy atom. The fraction of sp³-hybridized carbons (Fsp3) is 0.526. The molecule has 2 aromatic rings. The van der Waals surface area contributed by atoms with Crippen molar-refractivity contribution < 1.29 is 9.21 Å². The van der Waals surface area contributed by atoms with Crippen molar-refractivity contribution in [1.82, 2.24) is 20.4 Å². The molecule has 1 aliphatic heterocycles. The molecule has 1 atom stereocenters. The Labute approximate surface area is 148 Å². The summed E-state index contributed by atoms with van der Waals surface area (Å²) in [7, 11) is 0. The lowest BCUT2D eigenvalue weighted by atomic mass is 10.1. The number of benzene rings is 1. The van der Waals surface area contributed by atoms with Crippen LogP contribution in [0.15, 0.2) is 28.7 Å². The van der Waals surface area contributed by atoms with Gasteiger partial charge in [0.2, 0.25) is 17.7 Å². The molecule has 0 saturated carbocycles. The molecule has 25 heavy (non-hydrogen) atoms. The summed E-state index contributed by atoms with van der Waals surface area (Å²) >= 11 is 0. The summed E-state index contributed by atoms with van der Waals surface area (Å²) in [4.78, 5) is 14.5. The molecular weight excluding hydrogens is 316 g/mol. The molecule has 134 valence electrons. The Balaban J connectivity index is 1.45. The van der Waals surface area contributed by atoms with Crippen molar-refractivity contribution in [3.8, 4) is 11.5 Å². The van der Waals surface area contributed by atoms with Gasteiger partial charge < -0.3 is 9.73 Å². The van der Waals surface area contributed by atoms with Crippen LogP contribution in [0.3, 0.4) is 0 Å². The highest BCUT2D eigenvalue weighted by Gasteiger charge is 2.23. The number of likely N-dealkylation sites (tertiary alicyclic amines) is 1. The van der Waals surface area contributed by atoms with Crippen LogP contribution in [0, 0.1) is 6.92 Å². The van der Waals surface area contributed by atoms with E-state index in [0.717, 1.165) is 31.6 Å². The number of carbonyl (C=O) groups is 1. The van der Waals surface area contributed by atoms with E-state index in [1.165, 1.54) is 12.0 Å². The zero-order chi connectivity index (χ0) is 17.6. The number of hydrogen-bond donors (Lipinski definition) is 1. The van der Waals surface area contributed by atoms with Crippen LogP contribution < -0.4 is 5.32 Å². The minimum absolute atomic E-state index is 0.0399. The van der Waals surface area contributed by atoms with E-state index in [2.05, 4.69) is 27.3 Å². The third-order valence-electron chi connectivity index (χ3n) is 4.77. The number of rotatable bonds is 7.